The Morgan fingerprint density at radius 2 is 2.00 bits per heavy atom. The van der Waals surface area contributed by atoms with E-state index in [1.807, 2.05) is 0 Å². The van der Waals surface area contributed by atoms with Crippen LogP contribution in [0.25, 0.3) is 5.69 Å². The van der Waals surface area contributed by atoms with Crippen LogP contribution in [0.15, 0.2) is 36.7 Å². The highest BCUT2D eigenvalue weighted by atomic mass is 19.1. The summed E-state index contributed by atoms with van der Waals surface area (Å²) < 4.78 is 26.1. The Kier molecular flexibility index (Phi) is 2.81. The van der Waals surface area contributed by atoms with Crippen LogP contribution in [-0.2, 0) is 14.3 Å². The van der Waals surface area contributed by atoms with E-state index in [2.05, 4.69) is 17.3 Å². The molecule has 4 heterocycles. The Hall–Kier alpha value is -2.25. The molecule has 1 spiro atoms. The van der Waals surface area contributed by atoms with E-state index in [1.165, 1.54) is 12.1 Å². The molecule has 3 aliphatic heterocycles. The van der Waals surface area contributed by atoms with Crippen molar-refractivity contribution in [2.75, 3.05) is 18.5 Å². The van der Waals surface area contributed by atoms with Gasteiger partial charge in [-0.05, 0) is 44.0 Å². The highest BCUT2D eigenvalue weighted by Gasteiger charge is 2.78. The van der Waals surface area contributed by atoms with Gasteiger partial charge < -0.3 is 14.8 Å². The number of aromatic nitrogens is 2. The summed E-state index contributed by atoms with van der Waals surface area (Å²) in [7, 11) is 0. The third kappa shape index (κ3) is 1.96. The Labute approximate surface area is 143 Å². The predicted molar refractivity (Wildman–Crippen MR) is 86.9 cm³/mol. The first-order valence-electron chi connectivity index (χ1n) is 8.34. The van der Waals surface area contributed by atoms with Crippen LogP contribution in [0, 0.1) is 11.2 Å². The molecule has 2 aromatic rings. The summed E-state index contributed by atoms with van der Waals surface area (Å²) in [6.45, 7) is 3.01. The maximum Gasteiger partial charge on any atom is 0.234 e. The number of carbonyl (C=O) groups excluding carboxylic acids is 1. The molecule has 4 fully saturated rings. The summed E-state index contributed by atoms with van der Waals surface area (Å²) in [5, 5.41) is 7.21. The molecule has 0 atom stereocenters. The first kappa shape index (κ1) is 15.0. The van der Waals surface area contributed by atoms with Crippen molar-refractivity contribution in [2.24, 2.45) is 5.41 Å². The summed E-state index contributed by atoms with van der Waals surface area (Å²) in [5.74, 6) is -0.338. The molecular formula is C18H18FN3O3. The predicted octanol–water partition coefficient (Wildman–Crippen LogP) is 2.29. The maximum atomic E-state index is 13.0. The number of benzene rings is 1. The van der Waals surface area contributed by atoms with Crippen molar-refractivity contribution >= 4 is 11.6 Å². The molecule has 7 heteroatoms. The van der Waals surface area contributed by atoms with Gasteiger partial charge in [-0.1, -0.05) is 0 Å². The van der Waals surface area contributed by atoms with E-state index in [4.69, 9.17) is 9.47 Å². The summed E-state index contributed by atoms with van der Waals surface area (Å²) >= 11 is 0. The second kappa shape index (κ2) is 4.68. The number of rotatable bonds is 3. The number of ether oxygens (including phenoxy) is 2. The standard InChI is InChI=1S/C18H18FN3O3/c1-16-8-17(9-16,18(25-16)10-24-11-18)15(23)21-13-6-20-22(7-13)14-4-2-12(19)3-5-14/h2-7H,8-11H2,1H3,(H,21,23). The number of nitrogens with zero attached hydrogens (tertiary/aromatic N) is 2. The molecule has 25 heavy (non-hydrogen) atoms. The lowest BCUT2D eigenvalue weighted by Gasteiger charge is -2.48. The molecule has 3 saturated heterocycles. The fraction of sp³-hybridized carbons (Fsp3) is 0.444. The SMILES string of the molecule is CC12CC(C(=O)Nc3cnn(-c4ccc(F)cc4)c3)(C1)C1(COC1)O2. The van der Waals surface area contributed by atoms with Gasteiger partial charge in [-0.2, -0.15) is 5.10 Å². The first-order valence-corrected chi connectivity index (χ1v) is 8.34. The van der Waals surface area contributed by atoms with Crippen LogP contribution < -0.4 is 5.32 Å². The van der Waals surface area contributed by atoms with Crippen molar-refractivity contribution in [1.29, 1.82) is 0 Å². The second-order valence-electron chi connectivity index (χ2n) is 7.58. The Morgan fingerprint density at radius 3 is 2.64 bits per heavy atom. The van der Waals surface area contributed by atoms with E-state index in [9.17, 15) is 9.18 Å². The van der Waals surface area contributed by atoms with Gasteiger partial charge in [-0.3, -0.25) is 4.79 Å². The lowest BCUT2D eigenvalue weighted by molar-refractivity contribution is -0.212. The summed E-state index contributed by atoms with van der Waals surface area (Å²) in [6, 6.07) is 6.02. The molecule has 0 unspecified atom stereocenters. The van der Waals surface area contributed by atoms with Crippen molar-refractivity contribution in [1.82, 2.24) is 9.78 Å². The Balaban J connectivity index is 1.36. The van der Waals surface area contributed by atoms with Crippen molar-refractivity contribution in [3.8, 4) is 5.69 Å². The highest BCUT2D eigenvalue weighted by molar-refractivity contribution is 5.98. The zero-order valence-corrected chi connectivity index (χ0v) is 13.8. The van der Waals surface area contributed by atoms with Gasteiger partial charge in [-0.15, -0.1) is 0 Å². The molecule has 0 radical (unpaired) electrons. The number of amides is 1. The number of anilines is 1. The maximum absolute atomic E-state index is 13.0. The van der Waals surface area contributed by atoms with Crippen molar-refractivity contribution in [3.63, 3.8) is 0 Å². The average molecular weight is 343 g/mol. The largest absolute Gasteiger partial charge is 0.375 e. The zero-order valence-electron chi connectivity index (χ0n) is 13.8. The lowest BCUT2D eigenvalue weighted by atomic mass is 9.55. The fourth-order valence-corrected chi connectivity index (χ4v) is 4.55. The van der Waals surface area contributed by atoms with Gasteiger partial charge in [0.2, 0.25) is 5.91 Å². The van der Waals surface area contributed by atoms with Crippen LogP contribution in [0.1, 0.15) is 19.8 Å². The van der Waals surface area contributed by atoms with Gasteiger partial charge >= 0.3 is 0 Å². The summed E-state index contributed by atoms with van der Waals surface area (Å²) in [5.41, 5.74) is 0.139. The normalized spacial score (nSPS) is 31.4. The van der Waals surface area contributed by atoms with Crippen LogP contribution in [0.4, 0.5) is 10.1 Å². The molecule has 130 valence electrons. The smallest absolute Gasteiger partial charge is 0.234 e. The fourth-order valence-electron chi connectivity index (χ4n) is 4.55. The van der Waals surface area contributed by atoms with Gasteiger partial charge in [0.1, 0.15) is 11.4 Å². The highest BCUT2D eigenvalue weighted by Crippen LogP contribution is 2.68. The van der Waals surface area contributed by atoms with Gasteiger partial charge in [0, 0.05) is 0 Å². The number of nitrogens with one attached hydrogen (secondary N) is 1. The van der Waals surface area contributed by atoms with E-state index in [0.717, 1.165) is 18.5 Å². The van der Waals surface area contributed by atoms with Crippen molar-refractivity contribution in [2.45, 2.75) is 31.0 Å². The van der Waals surface area contributed by atoms with E-state index >= 15 is 0 Å². The molecule has 4 aliphatic rings. The van der Waals surface area contributed by atoms with Crippen LogP contribution >= 0.6 is 0 Å². The lowest BCUT2D eigenvalue weighted by Crippen LogP contribution is -2.63. The molecule has 6 nitrogen and oxygen atoms in total. The first-order chi connectivity index (χ1) is 11.9. The number of halogens is 1. The molecule has 1 saturated carbocycles. The van der Waals surface area contributed by atoms with E-state index < -0.39 is 11.0 Å². The van der Waals surface area contributed by atoms with E-state index in [-0.39, 0.29) is 17.3 Å². The van der Waals surface area contributed by atoms with Crippen LogP contribution in [0.5, 0.6) is 0 Å². The van der Waals surface area contributed by atoms with Gasteiger partial charge in [0.25, 0.3) is 0 Å². The van der Waals surface area contributed by atoms with E-state index in [1.54, 1.807) is 29.2 Å². The van der Waals surface area contributed by atoms with Crippen molar-refractivity contribution < 1.29 is 18.7 Å². The van der Waals surface area contributed by atoms with Gasteiger partial charge in [0.05, 0.1) is 48.0 Å². The Bertz CT molecular complexity index is 851. The van der Waals surface area contributed by atoms with E-state index in [0.29, 0.717) is 18.9 Å². The summed E-state index contributed by atoms with van der Waals surface area (Å²) in [6.07, 6.45) is 4.76. The van der Waals surface area contributed by atoms with Gasteiger partial charge in [0.15, 0.2) is 0 Å². The molecule has 1 aromatic heterocycles. The van der Waals surface area contributed by atoms with Crippen molar-refractivity contribution in [3.05, 3.63) is 42.5 Å². The molecule has 1 aromatic carbocycles. The second-order valence-corrected chi connectivity index (χ2v) is 7.58. The average Bonchev–Trinajstić information content (AvgIpc) is 3.15. The minimum atomic E-state index is -0.516. The van der Waals surface area contributed by atoms with Gasteiger partial charge in [-0.25, -0.2) is 9.07 Å². The number of hydrogen-bond donors (Lipinski definition) is 1. The number of hydrogen-bond acceptors (Lipinski definition) is 4. The topological polar surface area (TPSA) is 65.4 Å². The number of carbonyl (C=O) groups is 1. The summed E-state index contributed by atoms with van der Waals surface area (Å²) in [4.78, 5) is 13.0. The third-order valence-electron chi connectivity index (χ3n) is 5.70. The minimum Gasteiger partial charge on any atom is -0.375 e. The molecule has 1 amide bonds. The Morgan fingerprint density at radius 1 is 1.28 bits per heavy atom. The molecule has 1 N–H and O–H groups in total. The minimum absolute atomic E-state index is 0.0376. The molecular weight excluding hydrogens is 325 g/mol. The molecule has 1 aliphatic carbocycles. The quantitative estimate of drug-likeness (QED) is 0.929. The van der Waals surface area contributed by atoms with Crippen LogP contribution in [0.2, 0.25) is 0 Å². The molecule has 2 bridgehead atoms. The van der Waals surface area contributed by atoms with Crippen LogP contribution in [-0.4, -0.2) is 40.1 Å². The van der Waals surface area contributed by atoms with Crippen LogP contribution in [0.3, 0.4) is 0 Å². The zero-order chi connectivity index (χ0) is 17.3. The third-order valence-corrected chi connectivity index (χ3v) is 5.70. The monoisotopic (exact) mass is 343 g/mol. The molecule has 6 rings (SSSR count).